The number of nitrogens with one attached hydrogen (secondary N) is 2. The Hall–Kier alpha value is -2.90. The minimum atomic E-state index is -0.0773. The van der Waals surface area contributed by atoms with Crippen LogP contribution >= 0.6 is 0 Å². The molecule has 0 saturated carbocycles. The number of fused-ring (bicyclic) bond motifs is 1. The van der Waals surface area contributed by atoms with E-state index in [0.29, 0.717) is 37.6 Å². The van der Waals surface area contributed by atoms with E-state index >= 15 is 0 Å². The van der Waals surface area contributed by atoms with Crippen molar-refractivity contribution in [3.8, 4) is 5.75 Å². The highest BCUT2D eigenvalue weighted by atomic mass is 16.5. The number of hydrogen-bond donors (Lipinski definition) is 2. The summed E-state index contributed by atoms with van der Waals surface area (Å²) in [5.74, 6) is 0.528. The lowest BCUT2D eigenvalue weighted by molar-refractivity contribution is -0.120. The summed E-state index contributed by atoms with van der Waals surface area (Å²) in [6.07, 6.45) is 7.18. The van der Waals surface area contributed by atoms with Gasteiger partial charge in [0.1, 0.15) is 5.75 Å². The molecule has 7 nitrogen and oxygen atoms in total. The molecule has 7 heteroatoms. The minimum absolute atomic E-state index is 0.0249. The first kappa shape index (κ1) is 25.2. The van der Waals surface area contributed by atoms with E-state index in [-0.39, 0.29) is 24.5 Å². The van der Waals surface area contributed by atoms with Gasteiger partial charge in [-0.3, -0.25) is 9.59 Å². The molecule has 2 aromatic rings. The zero-order chi connectivity index (χ0) is 24.3. The number of ether oxygens (including phenoxy) is 2. The first-order chi connectivity index (χ1) is 17.2. The Bertz CT molecular complexity index is 960. The van der Waals surface area contributed by atoms with Crippen LogP contribution in [0.15, 0.2) is 48.5 Å². The zero-order valence-electron chi connectivity index (χ0n) is 20.5. The van der Waals surface area contributed by atoms with E-state index in [2.05, 4.69) is 10.6 Å². The summed E-state index contributed by atoms with van der Waals surface area (Å²) in [6.45, 7) is 3.50. The highest BCUT2D eigenvalue weighted by Gasteiger charge is 2.22. The van der Waals surface area contributed by atoms with Gasteiger partial charge in [-0.1, -0.05) is 37.5 Å². The largest absolute Gasteiger partial charge is 0.484 e. The molecule has 1 fully saturated rings. The third kappa shape index (κ3) is 7.54. The van der Waals surface area contributed by atoms with E-state index in [9.17, 15) is 9.59 Å². The van der Waals surface area contributed by atoms with Crippen LogP contribution in [0.1, 0.15) is 60.9 Å². The summed E-state index contributed by atoms with van der Waals surface area (Å²) in [7, 11) is 0. The lowest BCUT2D eigenvalue weighted by Crippen LogP contribution is -2.39. The SMILES string of the molecule is O=C(NC1CCOCC1)c1ccc2c(c1)CNCCCCCCCN2C(=O)COc1ccccc1. The molecular formula is C28H37N3O4. The van der Waals surface area contributed by atoms with Gasteiger partial charge in [-0.15, -0.1) is 0 Å². The van der Waals surface area contributed by atoms with Crippen molar-refractivity contribution >= 4 is 17.5 Å². The Morgan fingerprint density at radius 3 is 2.60 bits per heavy atom. The number of amides is 2. The van der Waals surface area contributed by atoms with Gasteiger partial charge in [-0.2, -0.15) is 0 Å². The number of carbonyl (C=O) groups is 2. The number of rotatable bonds is 5. The second kappa shape index (κ2) is 13.3. The molecule has 0 spiro atoms. The highest BCUT2D eigenvalue weighted by Crippen LogP contribution is 2.25. The van der Waals surface area contributed by atoms with Gasteiger partial charge in [0.25, 0.3) is 11.8 Å². The molecule has 0 bridgehead atoms. The van der Waals surface area contributed by atoms with Gasteiger partial charge in [0, 0.05) is 43.6 Å². The summed E-state index contributed by atoms with van der Waals surface area (Å²) in [4.78, 5) is 28.1. The van der Waals surface area contributed by atoms with Crippen LogP contribution in [0.25, 0.3) is 0 Å². The van der Waals surface area contributed by atoms with Gasteiger partial charge in [0.2, 0.25) is 0 Å². The Balaban J connectivity index is 1.53. The molecule has 188 valence electrons. The fourth-order valence-corrected chi connectivity index (χ4v) is 4.63. The highest BCUT2D eigenvalue weighted by molar-refractivity contribution is 5.98. The molecule has 2 amide bonds. The van der Waals surface area contributed by atoms with Gasteiger partial charge < -0.3 is 25.0 Å². The van der Waals surface area contributed by atoms with E-state index in [1.54, 1.807) is 0 Å². The van der Waals surface area contributed by atoms with Crippen molar-refractivity contribution < 1.29 is 19.1 Å². The number of carbonyl (C=O) groups excluding carboxylic acids is 2. The molecule has 2 aliphatic heterocycles. The fraction of sp³-hybridized carbons (Fsp3) is 0.500. The Morgan fingerprint density at radius 1 is 1.00 bits per heavy atom. The van der Waals surface area contributed by atoms with Crippen LogP contribution in [0.4, 0.5) is 5.69 Å². The third-order valence-electron chi connectivity index (χ3n) is 6.65. The summed E-state index contributed by atoms with van der Waals surface area (Å²) >= 11 is 0. The summed E-state index contributed by atoms with van der Waals surface area (Å²) < 4.78 is 11.2. The van der Waals surface area contributed by atoms with Crippen molar-refractivity contribution in [2.75, 3.05) is 37.8 Å². The van der Waals surface area contributed by atoms with Gasteiger partial charge >= 0.3 is 0 Å². The van der Waals surface area contributed by atoms with Crippen LogP contribution in [0.2, 0.25) is 0 Å². The van der Waals surface area contributed by atoms with Crippen molar-refractivity contribution in [2.45, 2.75) is 57.5 Å². The first-order valence-corrected chi connectivity index (χ1v) is 12.9. The third-order valence-corrected chi connectivity index (χ3v) is 6.65. The maximum absolute atomic E-state index is 13.3. The van der Waals surface area contributed by atoms with Gasteiger partial charge in [0.05, 0.1) is 0 Å². The smallest absolute Gasteiger partial charge is 0.264 e. The van der Waals surface area contributed by atoms with Crippen molar-refractivity contribution in [1.82, 2.24) is 10.6 Å². The van der Waals surface area contributed by atoms with Crippen LogP contribution in [-0.4, -0.2) is 50.8 Å². The fourth-order valence-electron chi connectivity index (χ4n) is 4.63. The predicted octanol–water partition coefficient (Wildman–Crippen LogP) is 4.06. The topological polar surface area (TPSA) is 79.9 Å². The minimum Gasteiger partial charge on any atom is -0.484 e. The molecule has 35 heavy (non-hydrogen) atoms. The molecular weight excluding hydrogens is 442 g/mol. The zero-order valence-corrected chi connectivity index (χ0v) is 20.5. The average molecular weight is 480 g/mol. The van der Waals surface area contributed by atoms with Gasteiger partial charge in [-0.25, -0.2) is 0 Å². The van der Waals surface area contributed by atoms with Gasteiger partial charge in [-0.05, 0) is 68.1 Å². The van der Waals surface area contributed by atoms with E-state index in [1.807, 2.05) is 53.4 Å². The molecule has 4 rings (SSSR count). The monoisotopic (exact) mass is 479 g/mol. The molecule has 0 aromatic heterocycles. The van der Waals surface area contributed by atoms with E-state index in [0.717, 1.165) is 49.9 Å². The van der Waals surface area contributed by atoms with Crippen molar-refractivity contribution in [2.24, 2.45) is 0 Å². The molecule has 2 aromatic carbocycles. The first-order valence-electron chi connectivity index (χ1n) is 12.9. The molecule has 2 aliphatic rings. The molecule has 0 radical (unpaired) electrons. The van der Waals surface area contributed by atoms with Crippen LogP contribution in [0.5, 0.6) is 5.75 Å². The Kier molecular flexibility index (Phi) is 9.55. The van der Waals surface area contributed by atoms with Crippen molar-refractivity contribution in [1.29, 1.82) is 0 Å². The number of nitrogens with zero attached hydrogens (tertiary/aromatic N) is 1. The molecule has 2 N–H and O–H groups in total. The molecule has 0 aliphatic carbocycles. The maximum Gasteiger partial charge on any atom is 0.264 e. The molecule has 0 atom stereocenters. The number of benzene rings is 2. The Labute approximate surface area is 208 Å². The van der Waals surface area contributed by atoms with E-state index < -0.39 is 0 Å². The lowest BCUT2D eigenvalue weighted by Gasteiger charge is -2.27. The Morgan fingerprint density at radius 2 is 1.77 bits per heavy atom. The standard InChI is InChI=1S/C28H37N3O4/c32-27(21-35-25-9-5-4-6-10-25)31-16-8-3-1-2-7-15-29-20-23-19-22(11-12-26(23)31)28(33)30-24-13-17-34-18-14-24/h4-6,9-12,19,24,29H,1-3,7-8,13-18,20-21H2,(H,30,33). The van der Waals surface area contributed by atoms with Crippen LogP contribution in [0, 0.1) is 0 Å². The lowest BCUT2D eigenvalue weighted by atomic mass is 10.0. The quantitative estimate of drug-likeness (QED) is 0.676. The van der Waals surface area contributed by atoms with E-state index in [1.165, 1.54) is 12.8 Å². The summed E-state index contributed by atoms with van der Waals surface area (Å²) in [5, 5.41) is 6.65. The average Bonchev–Trinajstić information content (AvgIpc) is 2.89. The second-order valence-electron chi connectivity index (χ2n) is 9.30. The predicted molar refractivity (Wildman–Crippen MR) is 137 cm³/mol. The maximum atomic E-state index is 13.3. The molecule has 1 saturated heterocycles. The number of anilines is 1. The van der Waals surface area contributed by atoms with Crippen LogP contribution in [-0.2, 0) is 16.1 Å². The summed E-state index contributed by atoms with van der Waals surface area (Å²) in [6, 6.07) is 15.2. The van der Waals surface area contributed by atoms with Crippen molar-refractivity contribution in [3.05, 3.63) is 59.7 Å². The second-order valence-corrected chi connectivity index (χ2v) is 9.30. The molecule has 0 unspecified atom stereocenters. The normalized spacial score (nSPS) is 18.0. The molecule has 2 heterocycles. The van der Waals surface area contributed by atoms with E-state index in [4.69, 9.17) is 9.47 Å². The van der Waals surface area contributed by atoms with Crippen LogP contribution in [0.3, 0.4) is 0 Å². The van der Waals surface area contributed by atoms with Gasteiger partial charge in [0.15, 0.2) is 6.61 Å². The van der Waals surface area contributed by atoms with Crippen molar-refractivity contribution in [3.63, 3.8) is 0 Å². The van der Waals surface area contributed by atoms with Crippen LogP contribution < -0.4 is 20.3 Å². The number of hydrogen-bond acceptors (Lipinski definition) is 5. The number of para-hydroxylation sites is 1. The summed E-state index contributed by atoms with van der Waals surface area (Å²) in [5.41, 5.74) is 2.43.